The zero-order valence-corrected chi connectivity index (χ0v) is 20.6. The predicted molar refractivity (Wildman–Crippen MR) is 137 cm³/mol. The number of pyridine rings is 1. The number of aryl methyl sites for hydroxylation is 2. The largest absolute Gasteiger partial charge is 0.492 e. The SMILES string of the molecule is CCOc1cc(-c2nncn2C)ccc1Nc1ncc2cc(C)nc(N3CCC(NC)CC3)c2n1. The number of piperidine rings is 1. The van der Waals surface area contributed by atoms with Crippen LogP contribution < -0.4 is 20.3 Å². The number of ether oxygens (including phenoxy) is 1. The van der Waals surface area contributed by atoms with E-state index in [-0.39, 0.29) is 0 Å². The van der Waals surface area contributed by atoms with Gasteiger partial charge in [-0.25, -0.2) is 15.0 Å². The summed E-state index contributed by atoms with van der Waals surface area (Å²) in [6.45, 7) is 6.40. The minimum Gasteiger partial charge on any atom is -0.492 e. The van der Waals surface area contributed by atoms with Gasteiger partial charge in [0.2, 0.25) is 5.95 Å². The summed E-state index contributed by atoms with van der Waals surface area (Å²) in [7, 11) is 3.95. The maximum atomic E-state index is 5.93. The Hall–Kier alpha value is -3.79. The Morgan fingerprint density at radius 1 is 1.14 bits per heavy atom. The topological polar surface area (TPSA) is 106 Å². The molecule has 10 heteroatoms. The van der Waals surface area contributed by atoms with Crippen LogP contribution >= 0.6 is 0 Å². The van der Waals surface area contributed by atoms with Crippen molar-refractivity contribution in [1.29, 1.82) is 0 Å². The summed E-state index contributed by atoms with van der Waals surface area (Å²) in [6.07, 6.45) is 5.70. The second kappa shape index (κ2) is 9.83. The first-order valence-corrected chi connectivity index (χ1v) is 12.0. The van der Waals surface area contributed by atoms with E-state index in [1.165, 1.54) is 0 Å². The number of fused-ring (bicyclic) bond motifs is 1. The first kappa shape index (κ1) is 23.0. The standard InChI is InChI=1S/C25H31N9O/c1-5-35-21-13-17(23-32-28-15-33(23)4)6-7-20(21)30-25-27-14-18-12-16(2)29-24(22(18)31-25)34-10-8-19(26-3)9-11-34/h6-7,12-15,19,26H,5,8-11H2,1-4H3,(H,27,30,31). The highest BCUT2D eigenvalue weighted by atomic mass is 16.5. The van der Waals surface area contributed by atoms with Crippen molar-refractivity contribution in [1.82, 2.24) is 35.0 Å². The van der Waals surface area contributed by atoms with Gasteiger partial charge in [0.05, 0.1) is 12.3 Å². The van der Waals surface area contributed by atoms with Crippen molar-refractivity contribution < 1.29 is 4.74 Å². The first-order valence-electron chi connectivity index (χ1n) is 12.0. The van der Waals surface area contributed by atoms with Crippen LogP contribution in [-0.2, 0) is 7.05 Å². The van der Waals surface area contributed by atoms with Crippen LogP contribution in [0.1, 0.15) is 25.5 Å². The van der Waals surface area contributed by atoms with Crippen molar-refractivity contribution in [2.45, 2.75) is 32.7 Å². The highest BCUT2D eigenvalue weighted by molar-refractivity contribution is 5.89. The number of rotatable bonds is 7. The Labute approximate surface area is 204 Å². The Bertz CT molecular complexity index is 1330. The van der Waals surface area contributed by atoms with Gasteiger partial charge in [-0.2, -0.15) is 0 Å². The third kappa shape index (κ3) is 4.74. The molecule has 1 saturated heterocycles. The van der Waals surface area contributed by atoms with E-state index >= 15 is 0 Å². The Morgan fingerprint density at radius 2 is 1.97 bits per heavy atom. The van der Waals surface area contributed by atoms with Crippen LogP contribution in [0.3, 0.4) is 0 Å². The Kier molecular flexibility index (Phi) is 6.45. The van der Waals surface area contributed by atoms with Crippen molar-refractivity contribution in [3.8, 4) is 17.1 Å². The van der Waals surface area contributed by atoms with E-state index in [4.69, 9.17) is 14.7 Å². The third-order valence-electron chi connectivity index (χ3n) is 6.38. The van der Waals surface area contributed by atoms with Gasteiger partial charge in [-0.3, -0.25) is 0 Å². The lowest BCUT2D eigenvalue weighted by Gasteiger charge is -2.33. The van der Waals surface area contributed by atoms with E-state index < -0.39 is 0 Å². The molecular formula is C25H31N9O. The molecule has 0 spiro atoms. The lowest BCUT2D eigenvalue weighted by atomic mass is 10.1. The summed E-state index contributed by atoms with van der Waals surface area (Å²) < 4.78 is 7.80. The fourth-order valence-corrected chi connectivity index (χ4v) is 4.52. The molecule has 0 bridgehead atoms. The molecule has 0 radical (unpaired) electrons. The van der Waals surface area contributed by atoms with E-state index in [2.05, 4.69) is 30.7 Å². The normalized spacial score (nSPS) is 14.5. The Balaban J connectivity index is 1.47. The smallest absolute Gasteiger partial charge is 0.227 e. The van der Waals surface area contributed by atoms with Gasteiger partial charge in [0, 0.05) is 49.0 Å². The molecule has 0 aliphatic carbocycles. The van der Waals surface area contributed by atoms with Crippen LogP contribution in [0, 0.1) is 6.92 Å². The molecule has 4 aromatic rings. The van der Waals surface area contributed by atoms with Gasteiger partial charge in [-0.15, -0.1) is 10.2 Å². The van der Waals surface area contributed by atoms with Crippen molar-refractivity contribution in [2.24, 2.45) is 7.05 Å². The number of hydrogen-bond acceptors (Lipinski definition) is 9. The molecule has 5 rings (SSSR count). The van der Waals surface area contributed by atoms with Gasteiger partial charge >= 0.3 is 0 Å². The Morgan fingerprint density at radius 3 is 2.69 bits per heavy atom. The van der Waals surface area contributed by atoms with Crippen LogP contribution in [0.5, 0.6) is 5.75 Å². The molecule has 0 unspecified atom stereocenters. The number of benzene rings is 1. The molecule has 1 aromatic carbocycles. The molecule has 1 aliphatic rings. The number of aromatic nitrogens is 6. The molecule has 1 fully saturated rings. The molecule has 10 nitrogen and oxygen atoms in total. The first-order chi connectivity index (χ1) is 17.1. The lowest BCUT2D eigenvalue weighted by molar-refractivity contribution is 0.342. The maximum absolute atomic E-state index is 5.93. The number of nitrogens with one attached hydrogen (secondary N) is 2. The highest BCUT2D eigenvalue weighted by Crippen LogP contribution is 2.33. The molecule has 1 aliphatic heterocycles. The van der Waals surface area contributed by atoms with Crippen molar-refractivity contribution in [3.63, 3.8) is 0 Å². The predicted octanol–water partition coefficient (Wildman–Crippen LogP) is 3.46. The third-order valence-corrected chi connectivity index (χ3v) is 6.38. The average Bonchev–Trinajstić information content (AvgIpc) is 3.31. The summed E-state index contributed by atoms with van der Waals surface area (Å²) in [5.74, 6) is 2.89. The fraction of sp³-hybridized carbons (Fsp3) is 0.400. The number of anilines is 3. The zero-order valence-electron chi connectivity index (χ0n) is 20.6. The molecular weight excluding hydrogens is 442 g/mol. The second-order valence-corrected chi connectivity index (χ2v) is 8.80. The molecule has 2 N–H and O–H groups in total. The lowest BCUT2D eigenvalue weighted by Crippen LogP contribution is -2.41. The quantitative estimate of drug-likeness (QED) is 0.417. The summed E-state index contributed by atoms with van der Waals surface area (Å²) >= 11 is 0. The molecule has 0 amide bonds. The van der Waals surface area contributed by atoms with Crippen molar-refractivity contribution in [3.05, 3.63) is 42.5 Å². The van der Waals surface area contributed by atoms with E-state index in [1.807, 2.05) is 63.0 Å². The van der Waals surface area contributed by atoms with Crippen LogP contribution in [0.25, 0.3) is 22.3 Å². The zero-order chi connectivity index (χ0) is 24.4. The van der Waals surface area contributed by atoms with Crippen LogP contribution in [0.2, 0.25) is 0 Å². The fourth-order valence-electron chi connectivity index (χ4n) is 4.52. The molecule has 0 atom stereocenters. The number of nitrogens with zero attached hydrogens (tertiary/aromatic N) is 7. The van der Waals surface area contributed by atoms with Gasteiger partial charge in [0.15, 0.2) is 11.6 Å². The molecule has 182 valence electrons. The van der Waals surface area contributed by atoms with Gasteiger partial charge in [0.1, 0.15) is 17.6 Å². The maximum Gasteiger partial charge on any atom is 0.227 e. The monoisotopic (exact) mass is 473 g/mol. The molecule has 4 heterocycles. The van der Waals surface area contributed by atoms with Gasteiger partial charge in [-0.05, 0) is 58.0 Å². The minimum atomic E-state index is 0.502. The van der Waals surface area contributed by atoms with Gasteiger partial charge < -0.3 is 24.8 Å². The molecule has 0 saturated carbocycles. The van der Waals surface area contributed by atoms with Gasteiger partial charge in [0.25, 0.3) is 0 Å². The summed E-state index contributed by atoms with van der Waals surface area (Å²) in [4.78, 5) is 16.7. The minimum absolute atomic E-state index is 0.502. The van der Waals surface area contributed by atoms with Crippen molar-refractivity contribution >= 4 is 28.4 Å². The van der Waals surface area contributed by atoms with E-state index in [9.17, 15) is 0 Å². The van der Waals surface area contributed by atoms with Gasteiger partial charge in [-0.1, -0.05) is 0 Å². The van der Waals surface area contributed by atoms with E-state index in [0.29, 0.717) is 24.3 Å². The number of hydrogen-bond donors (Lipinski definition) is 2. The van der Waals surface area contributed by atoms with E-state index in [1.54, 1.807) is 6.33 Å². The van der Waals surface area contributed by atoms with Crippen LogP contribution in [0.4, 0.5) is 17.5 Å². The van der Waals surface area contributed by atoms with Crippen molar-refractivity contribution in [2.75, 3.05) is 37.0 Å². The summed E-state index contributed by atoms with van der Waals surface area (Å²) in [5, 5.41) is 15.9. The summed E-state index contributed by atoms with van der Waals surface area (Å²) in [5.41, 5.74) is 3.52. The highest BCUT2D eigenvalue weighted by Gasteiger charge is 2.22. The van der Waals surface area contributed by atoms with Crippen LogP contribution in [0.15, 0.2) is 36.8 Å². The molecule has 35 heavy (non-hydrogen) atoms. The average molecular weight is 474 g/mol. The van der Waals surface area contributed by atoms with Crippen LogP contribution in [-0.4, -0.2) is 62.5 Å². The summed E-state index contributed by atoms with van der Waals surface area (Å²) in [6, 6.07) is 8.48. The van der Waals surface area contributed by atoms with E-state index in [0.717, 1.165) is 65.4 Å². The second-order valence-electron chi connectivity index (χ2n) is 8.80. The molecule has 3 aromatic heterocycles.